The van der Waals surface area contributed by atoms with Gasteiger partial charge in [-0.15, -0.1) is 0 Å². The predicted molar refractivity (Wildman–Crippen MR) is 111 cm³/mol. The van der Waals surface area contributed by atoms with E-state index in [0.29, 0.717) is 5.56 Å². The highest BCUT2D eigenvalue weighted by Gasteiger charge is 2.30. The van der Waals surface area contributed by atoms with Crippen LogP contribution in [0.1, 0.15) is 44.0 Å². The van der Waals surface area contributed by atoms with Crippen LogP contribution in [-0.2, 0) is 6.54 Å². The molecule has 0 bridgehead atoms. The van der Waals surface area contributed by atoms with Gasteiger partial charge in [-0.3, -0.25) is 14.2 Å². The van der Waals surface area contributed by atoms with E-state index < -0.39 is 23.2 Å². The molecule has 9 heteroatoms. The molecule has 8 nitrogen and oxygen atoms in total. The van der Waals surface area contributed by atoms with Crippen LogP contribution in [0.25, 0.3) is 16.9 Å². The number of nitrogens with zero attached hydrogens (tertiary/aromatic N) is 3. The Labute approximate surface area is 172 Å². The van der Waals surface area contributed by atoms with Crippen LogP contribution in [0.4, 0.5) is 10.1 Å². The summed E-state index contributed by atoms with van der Waals surface area (Å²) in [4.78, 5) is 25.9. The minimum absolute atomic E-state index is 0.0170. The van der Waals surface area contributed by atoms with Gasteiger partial charge in [0.1, 0.15) is 11.5 Å². The zero-order valence-corrected chi connectivity index (χ0v) is 17.1. The fourth-order valence-corrected chi connectivity index (χ4v) is 3.36. The lowest BCUT2D eigenvalue weighted by molar-refractivity contribution is 0.0944. The molecule has 3 aromatic rings. The zero-order valence-electron chi connectivity index (χ0n) is 17.1. The summed E-state index contributed by atoms with van der Waals surface area (Å²) in [6.07, 6.45) is 1.69. The van der Waals surface area contributed by atoms with E-state index in [1.807, 2.05) is 20.8 Å². The molecule has 30 heavy (non-hydrogen) atoms. The van der Waals surface area contributed by atoms with Crippen molar-refractivity contribution < 1.29 is 14.3 Å². The van der Waals surface area contributed by atoms with Gasteiger partial charge in [0, 0.05) is 24.2 Å². The van der Waals surface area contributed by atoms with Crippen molar-refractivity contribution in [3.8, 4) is 17.1 Å². The Hall–Kier alpha value is -3.36. The lowest BCUT2D eigenvalue weighted by atomic mass is 9.96. The Morgan fingerprint density at radius 2 is 2.07 bits per heavy atom. The first-order valence-corrected chi connectivity index (χ1v) is 9.77. The van der Waals surface area contributed by atoms with Gasteiger partial charge < -0.3 is 16.2 Å². The summed E-state index contributed by atoms with van der Waals surface area (Å²) in [6, 6.07) is 5.91. The number of anilines is 1. The largest absolute Gasteiger partial charge is 0.492 e. The average Bonchev–Trinajstić information content (AvgIpc) is 3.35. The van der Waals surface area contributed by atoms with Crippen molar-refractivity contribution in [3.05, 3.63) is 46.0 Å². The zero-order chi connectivity index (χ0) is 21.8. The van der Waals surface area contributed by atoms with E-state index in [2.05, 4.69) is 10.4 Å². The summed E-state index contributed by atoms with van der Waals surface area (Å²) in [7, 11) is 0. The number of carbonyl (C=O) groups is 1. The molecule has 0 radical (unpaired) electrons. The number of nitrogens with one attached hydrogen (secondary N) is 1. The number of hydrogen-bond donors (Lipinski definition) is 3. The second-order valence-electron chi connectivity index (χ2n) is 8.90. The van der Waals surface area contributed by atoms with E-state index in [0.717, 1.165) is 17.4 Å². The number of nitrogen functional groups attached to an aromatic ring is 1. The SMILES string of the molecule is CC(C)(C)Cn1c(=O)c(C(=O)NC2CC2)c(O)n2nc(-c3cccc(F)c3N)cc12. The van der Waals surface area contributed by atoms with E-state index in [-0.39, 0.29) is 40.6 Å². The van der Waals surface area contributed by atoms with Crippen molar-refractivity contribution in [3.63, 3.8) is 0 Å². The van der Waals surface area contributed by atoms with Crippen molar-refractivity contribution in [2.45, 2.75) is 46.2 Å². The van der Waals surface area contributed by atoms with E-state index in [1.165, 1.54) is 16.7 Å². The first kappa shape index (κ1) is 19.9. The summed E-state index contributed by atoms with van der Waals surface area (Å²) < 4.78 is 16.5. The number of rotatable bonds is 4. The van der Waals surface area contributed by atoms with Gasteiger partial charge in [-0.25, -0.2) is 4.39 Å². The number of aromatic nitrogens is 3. The molecule has 0 unspecified atom stereocenters. The number of carbonyl (C=O) groups excluding carboxylic acids is 1. The van der Waals surface area contributed by atoms with Crippen LogP contribution in [0, 0.1) is 11.2 Å². The van der Waals surface area contributed by atoms with Gasteiger partial charge in [0.05, 0.1) is 11.4 Å². The molecule has 0 atom stereocenters. The minimum atomic E-state index is -0.633. The lowest BCUT2D eigenvalue weighted by Gasteiger charge is -2.21. The number of benzene rings is 1. The number of aromatic hydroxyl groups is 1. The summed E-state index contributed by atoms with van der Waals surface area (Å²) in [5.41, 5.74) is 5.41. The molecular weight excluding hydrogens is 389 g/mol. The maximum absolute atomic E-state index is 13.9. The van der Waals surface area contributed by atoms with Crippen molar-refractivity contribution in [2.24, 2.45) is 5.41 Å². The average molecular weight is 413 g/mol. The minimum Gasteiger partial charge on any atom is -0.492 e. The molecule has 158 valence electrons. The van der Waals surface area contributed by atoms with Crippen molar-refractivity contribution in [1.29, 1.82) is 0 Å². The molecule has 0 spiro atoms. The first-order chi connectivity index (χ1) is 14.1. The molecule has 1 amide bonds. The quantitative estimate of drug-likeness (QED) is 0.569. The monoisotopic (exact) mass is 413 g/mol. The molecule has 4 N–H and O–H groups in total. The van der Waals surface area contributed by atoms with Crippen molar-refractivity contribution in [1.82, 2.24) is 19.5 Å². The molecular formula is C21H24FN5O3. The number of halogens is 1. The Morgan fingerprint density at radius 3 is 2.70 bits per heavy atom. The Bertz CT molecular complexity index is 1220. The van der Waals surface area contributed by atoms with E-state index in [1.54, 1.807) is 12.1 Å². The molecule has 1 fully saturated rings. The summed E-state index contributed by atoms with van der Waals surface area (Å²) in [5.74, 6) is -1.78. The third-order valence-corrected chi connectivity index (χ3v) is 4.95. The van der Waals surface area contributed by atoms with Crippen LogP contribution in [-0.4, -0.2) is 31.2 Å². The Kier molecular flexibility index (Phi) is 4.56. The van der Waals surface area contributed by atoms with Crippen LogP contribution >= 0.6 is 0 Å². The highest BCUT2D eigenvalue weighted by molar-refractivity contribution is 5.96. The number of fused-ring (bicyclic) bond motifs is 1. The molecule has 0 saturated heterocycles. The molecule has 1 saturated carbocycles. The third-order valence-electron chi connectivity index (χ3n) is 4.95. The van der Waals surface area contributed by atoms with Gasteiger partial charge >= 0.3 is 0 Å². The molecule has 4 rings (SSSR count). The van der Waals surface area contributed by atoms with Crippen LogP contribution < -0.4 is 16.6 Å². The van der Waals surface area contributed by atoms with E-state index >= 15 is 0 Å². The van der Waals surface area contributed by atoms with Gasteiger partial charge in [0.2, 0.25) is 5.88 Å². The highest BCUT2D eigenvalue weighted by atomic mass is 19.1. The van der Waals surface area contributed by atoms with Crippen molar-refractivity contribution >= 4 is 17.2 Å². The van der Waals surface area contributed by atoms with Crippen LogP contribution in [0.2, 0.25) is 0 Å². The first-order valence-electron chi connectivity index (χ1n) is 9.77. The predicted octanol–water partition coefficient (Wildman–Crippen LogP) is 2.53. The van der Waals surface area contributed by atoms with Crippen LogP contribution in [0.15, 0.2) is 29.1 Å². The topological polar surface area (TPSA) is 115 Å². The molecule has 0 aliphatic heterocycles. The third kappa shape index (κ3) is 3.51. The Morgan fingerprint density at radius 1 is 1.37 bits per heavy atom. The molecule has 1 aromatic carbocycles. The second-order valence-corrected chi connectivity index (χ2v) is 8.90. The smallest absolute Gasteiger partial charge is 0.270 e. The van der Waals surface area contributed by atoms with Gasteiger partial charge in [0.25, 0.3) is 11.5 Å². The normalized spacial score (nSPS) is 14.3. The fourth-order valence-electron chi connectivity index (χ4n) is 3.36. The molecule has 2 aromatic heterocycles. The number of amides is 1. The van der Waals surface area contributed by atoms with Gasteiger partial charge in [0.15, 0.2) is 5.56 Å². The maximum Gasteiger partial charge on any atom is 0.270 e. The van der Waals surface area contributed by atoms with E-state index in [9.17, 15) is 19.1 Å². The standard InChI is InChI=1S/C21H24FN5O3/c1-21(2,3)10-26-15-9-14(12-5-4-6-13(22)17(12)23)25-27(15)20(30)16(19(26)29)18(28)24-11-7-8-11/h4-6,9,11,30H,7-8,10,23H2,1-3H3,(H,24,28). The number of hydrogen-bond acceptors (Lipinski definition) is 5. The van der Waals surface area contributed by atoms with Gasteiger partial charge in [-0.1, -0.05) is 32.9 Å². The summed E-state index contributed by atoms with van der Waals surface area (Å²) in [6.45, 7) is 6.14. The summed E-state index contributed by atoms with van der Waals surface area (Å²) >= 11 is 0. The molecule has 2 heterocycles. The fraction of sp³-hybridized carbons (Fsp3) is 0.381. The Balaban J connectivity index is 1.97. The van der Waals surface area contributed by atoms with Crippen LogP contribution in [0.3, 0.4) is 0 Å². The highest BCUT2D eigenvalue weighted by Crippen LogP contribution is 2.30. The lowest BCUT2D eigenvalue weighted by Crippen LogP contribution is -2.37. The van der Waals surface area contributed by atoms with Gasteiger partial charge in [-0.05, 0) is 24.3 Å². The number of nitrogens with two attached hydrogens (primary N) is 1. The molecule has 1 aliphatic rings. The van der Waals surface area contributed by atoms with Gasteiger partial charge in [-0.2, -0.15) is 9.61 Å². The van der Waals surface area contributed by atoms with Crippen molar-refractivity contribution in [2.75, 3.05) is 5.73 Å². The number of para-hydroxylation sites is 1. The summed E-state index contributed by atoms with van der Waals surface area (Å²) in [5, 5.41) is 17.8. The van der Waals surface area contributed by atoms with Crippen LogP contribution in [0.5, 0.6) is 5.88 Å². The van der Waals surface area contributed by atoms with E-state index in [4.69, 9.17) is 5.73 Å². The molecule has 1 aliphatic carbocycles. The maximum atomic E-state index is 13.9. The second kappa shape index (κ2) is 6.86.